The van der Waals surface area contributed by atoms with Crippen molar-refractivity contribution < 1.29 is 23.6 Å². The number of esters is 1. The second kappa shape index (κ2) is 7.96. The smallest absolute Gasteiger partial charge is 0.331 e. The molecule has 0 aliphatic heterocycles. The lowest BCUT2D eigenvalue weighted by atomic mass is 10.1. The van der Waals surface area contributed by atoms with E-state index < -0.39 is 28.6 Å². The van der Waals surface area contributed by atoms with E-state index in [2.05, 4.69) is 0 Å². The number of nitro benzene ring substituents is 1. The minimum atomic E-state index is -1.05. The third-order valence-electron chi connectivity index (χ3n) is 3.28. The van der Waals surface area contributed by atoms with E-state index in [0.29, 0.717) is 5.56 Å². The van der Waals surface area contributed by atoms with Crippen LogP contribution in [0.5, 0.6) is 0 Å². The van der Waals surface area contributed by atoms with Crippen LogP contribution in [0.15, 0.2) is 54.6 Å². The highest BCUT2D eigenvalue weighted by molar-refractivity contribution is 6.01. The first kappa shape index (κ1) is 18.0. The van der Waals surface area contributed by atoms with E-state index >= 15 is 0 Å². The summed E-state index contributed by atoms with van der Waals surface area (Å²) in [5.41, 5.74) is 0.573. The fourth-order valence-corrected chi connectivity index (χ4v) is 2.02. The fourth-order valence-electron chi connectivity index (χ4n) is 2.02. The van der Waals surface area contributed by atoms with Gasteiger partial charge in [0, 0.05) is 23.8 Å². The fraction of sp³-hybridized carbons (Fsp3) is 0.111. The van der Waals surface area contributed by atoms with Gasteiger partial charge in [0.15, 0.2) is 6.10 Å². The van der Waals surface area contributed by atoms with Crippen LogP contribution in [0.25, 0.3) is 6.08 Å². The maximum Gasteiger partial charge on any atom is 0.331 e. The molecular formula is C18H14FNO5. The summed E-state index contributed by atoms with van der Waals surface area (Å²) in [5, 5.41) is 10.7. The average Bonchev–Trinajstić information content (AvgIpc) is 2.60. The number of rotatable bonds is 6. The molecule has 128 valence electrons. The lowest BCUT2D eigenvalue weighted by Gasteiger charge is -2.10. The van der Waals surface area contributed by atoms with Crippen LogP contribution >= 0.6 is 0 Å². The van der Waals surface area contributed by atoms with E-state index in [-0.39, 0.29) is 11.3 Å². The van der Waals surface area contributed by atoms with Crippen molar-refractivity contribution in [3.05, 3.63) is 81.7 Å². The Hall–Kier alpha value is -3.35. The second-order valence-corrected chi connectivity index (χ2v) is 5.14. The van der Waals surface area contributed by atoms with Gasteiger partial charge < -0.3 is 4.74 Å². The molecule has 0 spiro atoms. The van der Waals surface area contributed by atoms with E-state index in [1.807, 2.05) is 0 Å². The third kappa shape index (κ3) is 5.07. The van der Waals surface area contributed by atoms with Gasteiger partial charge in [-0.2, -0.15) is 0 Å². The first-order chi connectivity index (χ1) is 11.9. The Morgan fingerprint density at radius 1 is 1.20 bits per heavy atom. The summed E-state index contributed by atoms with van der Waals surface area (Å²) in [5.74, 6) is -1.70. The van der Waals surface area contributed by atoms with Crippen molar-refractivity contribution in [1.82, 2.24) is 0 Å². The lowest BCUT2D eigenvalue weighted by Crippen LogP contribution is -2.23. The molecule has 0 heterocycles. The Labute approximate surface area is 142 Å². The Morgan fingerprint density at radius 2 is 1.88 bits per heavy atom. The van der Waals surface area contributed by atoms with E-state index in [9.17, 15) is 24.1 Å². The number of non-ortho nitro benzene ring substituents is 1. The quantitative estimate of drug-likeness (QED) is 0.263. The molecule has 2 aromatic rings. The molecule has 2 aromatic carbocycles. The van der Waals surface area contributed by atoms with E-state index in [1.165, 1.54) is 43.3 Å². The lowest BCUT2D eigenvalue weighted by molar-refractivity contribution is -0.384. The van der Waals surface area contributed by atoms with Crippen LogP contribution in [0.2, 0.25) is 0 Å². The van der Waals surface area contributed by atoms with Crippen LogP contribution in [0, 0.1) is 15.9 Å². The molecule has 25 heavy (non-hydrogen) atoms. The van der Waals surface area contributed by atoms with Gasteiger partial charge in [-0.05, 0) is 42.8 Å². The number of Topliss-reactive ketones (excluding diaryl/α,β-unsaturated/α-hetero) is 1. The van der Waals surface area contributed by atoms with Gasteiger partial charge in [-0.1, -0.05) is 12.1 Å². The van der Waals surface area contributed by atoms with Crippen LogP contribution < -0.4 is 0 Å². The molecule has 0 radical (unpaired) electrons. The van der Waals surface area contributed by atoms with E-state index in [1.54, 1.807) is 6.07 Å². The molecule has 7 heteroatoms. The van der Waals surface area contributed by atoms with Crippen LogP contribution in [0.3, 0.4) is 0 Å². The summed E-state index contributed by atoms with van der Waals surface area (Å²) in [4.78, 5) is 34.0. The monoisotopic (exact) mass is 343 g/mol. The van der Waals surface area contributed by atoms with Gasteiger partial charge in [-0.3, -0.25) is 14.9 Å². The van der Waals surface area contributed by atoms with Crippen molar-refractivity contribution in [3.8, 4) is 0 Å². The molecular weight excluding hydrogens is 329 g/mol. The van der Waals surface area contributed by atoms with Gasteiger partial charge >= 0.3 is 5.97 Å². The van der Waals surface area contributed by atoms with Crippen LogP contribution in [0.4, 0.5) is 10.1 Å². The zero-order chi connectivity index (χ0) is 18.4. The van der Waals surface area contributed by atoms with Crippen LogP contribution in [0.1, 0.15) is 22.8 Å². The summed E-state index contributed by atoms with van der Waals surface area (Å²) in [6.45, 7) is 1.41. The number of hydrogen-bond acceptors (Lipinski definition) is 5. The van der Waals surface area contributed by atoms with Crippen molar-refractivity contribution in [1.29, 1.82) is 0 Å². The van der Waals surface area contributed by atoms with E-state index in [0.717, 1.165) is 18.2 Å². The number of ether oxygens (including phenoxy) is 1. The van der Waals surface area contributed by atoms with Gasteiger partial charge in [0.2, 0.25) is 5.78 Å². The first-order valence-electron chi connectivity index (χ1n) is 7.30. The number of halogens is 1. The minimum absolute atomic E-state index is 0.102. The Bertz CT molecular complexity index is 830. The standard InChI is InChI=1S/C18H14FNO5/c1-12(18(22)14-6-8-15(19)9-7-14)25-17(21)10-5-13-3-2-4-16(11-13)20(23)24/h2-12H,1H3/b10-5+/t12-/m1/s1. The molecule has 0 aliphatic carbocycles. The summed E-state index contributed by atoms with van der Waals surface area (Å²) in [7, 11) is 0. The van der Waals surface area contributed by atoms with Crippen molar-refractivity contribution in [2.75, 3.05) is 0 Å². The predicted molar refractivity (Wildman–Crippen MR) is 88.4 cm³/mol. The average molecular weight is 343 g/mol. The van der Waals surface area contributed by atoms with E-state index in [4.69, 9.17) is 4.74 Å². The number of nitrogens with zero attached hydrogens (tertiary/aromatic N) is 1. The van der Waals surface area contributed by atoms with Crippen molar-refractivity contribution in [3.63, 3.8) is 0 Å². The number of hydrogen-bond donors (Lipinski definition) is 0. The number of ketones is 1. The highest BCUT2D eigenvalue weighted by Gasteiger charge is 2.18. The Kier molecular flexibility index (Phi) is 5.73. The zero-order valence-electron chi connectivity index (χ0n) is 13.2. The first-order valence-corrected chi connectivity index (χ1v) is 7.30. The van der Waals surface area contributed by atoms with Gasteiger partial charge in [0.05, 0.1) is 4.92 Å². The largest absolute Gasteiger partial charge is 0.451 e. The molecule has 6 nitrogen and oxygen atoms in total. The predicted octanol–water partition coefficient (Wildman–Crippen LogP) is 3.56. The van der Waals surface area contributed by atoms with Crippen LogP contribution in [-0.4, -0.2) is 22.8 Å². The molecule has 0 amide bonds. The number of nitro groups is 1. The second-order valence-electron chi connectivity index (χ2n) is 5.14. The molecule has 0 unspecified atom stereocenters. The Morgan fingerprint density at radius 3 is 2.52 bits per heavy atom. The van der Waals surface area contributed by atoms with Gasteiger partial charge in [-0.25, -0.2) is 9.18 Å². The highest BCUT2D eigenvalue weighted by atomic mass is 19.1. The number of benzene rings is 2. The third-order valence-corrected chi connectivity index (χ3v) is 3.28. The minimum Gasteiger partial charge on any atom is -0.451 e. The highest BCUT2D eigenvalue weighted by Crippen LogP contribution is 2.14. The summed E-state index contributed by atoms with van der Waals surface area (Å²) in [6, 6.07) is 10.6. The van der Waals surface area contributed by atoms with Crippen molar-refractivity contribution in [2.24, 2.45) is 0 Å². The van der Waals surface area contributed by atoms with Crippen molar-refractivity contribution >= 4 is 23.5 Å². The molecule has 0 fully saturated rings. The van der Waals surface area contributed by atoms with Gasteiger partial charge in [-0.15, -0.1) is 0 Å². The maximum absolute atomic E-state index is 12.9. The number of carbonyl (C=O) groups excluding carboxylic acids is 2. The summed E-state index contributed by atoms with van der Waals surface area (Å²) < 4.78 is 17.8. The summed E-state index contributed by atoms with van der Waals surface area (Å²) in [6.07, 6.45) is 1.38. The molecule has 0 bridgehead atoms. The molecule has 2 rings (SSSR count). The molecule has 0 N–H and O–H groups in total. The summed E-state index contributed by atoms with van der Waals surface area (Å²) >= 11 is 0. The zero-order valence-corrected chi connectivity index (χ0v) is 13.2. The van der Waals surface area contributed by atoms with Gasteiger partial charge in [0.1, 0.15) is 5.82 Å². The maximum atomic E-state index is 12.9. The van der Waals surface area contributed by atoms with Crippen LogP contribution in [-0.2, 0) is 9.53 Å². The molecule has 0 aliphatic rings. The molecule has 0 saturated heterocycles. The van der Waals surface area contributed by atoms with Crippen molar-refractivity contribution in [2.45, 2.75) is 13.0 Å². The molecule has 1 atom stereocenters. The molecule has 0 aromatic heterocycles. The Balaban J connectivity index is 1.99. The normalized spacial score (nSPS) is 11.9. The number of carbonyl (C=O) groups is 2. The van der Waals surface area contributed by atoms with Gasteiger partial charge in [0.25, 0.3) is 5.69 Å². The molecule has 0 saturated carbocycles. The SMILES string of the molecule is C[C@@H](OC(=O)/C=C/c1cccc([N+](=O)[O-])c1)C(=O)c1ccc(F)cc1. The topological polar surface area (TPSA) is 86.5 Å².